The van der Waals surface area contributed by atoms with Crippen LogP contribution in [0.1, 0.15) is 35.3 Å². The minimum absolute atomic E-state index is 0.00202. The van der Waals surface area contributed by atoms with Crippen molar-refractivity contribution in [1.82, 2.24) is 24.9 Å². The summed E-state index contributed by atoms with van der Waals surface area (Å²) in [5, 5.41) is 22.9. The molecule has 2 heterocycles. The molecule has 0 spiro atoms. The van der Waals surface area contributed by atoms with Gasteiger partial charge in [-0.3, -0.25) is 19.6 Å². The summed E-state index contributed by atoms with van der Waals surface area (Å²) in [4.78, 5) is 23.4. The van der Waals surface area contributed by atoms with Crippen LogP contribution in [-0.2, 0) is 17.9 Å². The van der Waals surface area contributed by atoms with Crippen molar-refractivity contribution < 1.29 is 9.72 Å². The summed E-state index contributed by atoms with van der Waals surface area (Å²) in [6, 6.07) is 9.83. The molecule has 0 radical (unpaired) electrons. The van der Waals surface area contributed by atoms with E-state index in [1.165, 1.54) is 4.68 Å². The van der Waals surface area contributed by atoms with E-state index in [0.717, 1.165) is 22.6 Å². The van der Waals surface area contributed by atoms with Crippen LogP contribution in [0.5, 0.6) is 0 Å². The molecule has 3 aromatic rings. The van der Waals surface area contributed by atoms with Crippen LogP contribution in [0.25, 0.3) is 5.69 Å². The smallest absolute Gasteiger partial charge is 0.312 e. The first-order valence-corrected chi connectivity index (χ1v) is 9.77. The lowest BCUT2D eigenvalue weighted by atomic mass is 10.1. The zero-order valence-electron chi connectivity index (χ0n) is 17.8. The molecule has 2 aromatic heterocycles. The second kappa shape index (κ2) is 8.48. The summed E-state index contributed by atoms with van der Waals surface area (Å²) in [5.74, 6) is -0.538. The van der Waals surface area contributed by atoms with Crippen molar-refractivity contribution in [2.45, 2.75) is 47.7 Å². The van der Waals surface area contributed by atoms with E-state index in [4.69, 9.17) is 0 Å². The first-order chi connectivity index (χ1) is 14.2. The molecule has 0 saturated carbocycles. The Morgan fingerprint density at radius 1 is 1.10 bits per heavy atom. The second-order valence-corrected chi connectivity index (χ2v) is 7.47. The van der Waals surface area contributed by atoms with E-state index in [2.05, 4.69) is 15.5 Å². The minimum atomic E-state index is -0.436. The number of benzene rings is 1. The van der Waals surface area contributed by atoms with E-state index < -0.39 is 10.8 Å². The Morgan fingerprint density at radius 3 is 2.37 bits per heavy atom. The van der Waals surface area contributed by atoms with Crippen LogP contribution in [0.4, 0.5) is 5.69 Å². The Labute approximate surface area is 174 Å². The molecule has 158 valence electrons. The quantitative estimate of drug-likeness (QED) is 0.475. The van der Waals surface area contributed by atoms with Crippen LogP contribution in [0.3, 0.4) is 0 Å². The number of nitrogens with zero attached hydrogens (tertiary/aromatic N) is 5. The largest absolute Gasteiger partial charge is 0.352 e. The van der Waals surface area contributed by atoms with E-state index in [9.17, 15) is 14.9 Å². The van der Waals surface area contributed by atoms with Gasteiger partial charge in [-0.2, -0.15) is 10.2 Å². The van der Waals surface area contributed by atoms with Gasteiger partial charge in [0.05, 0.1) is 28.8 Å². The molecule has 1 aromatic carbocycles. The fraction of sp³-hybridized carbons (Fsp3) is 0.381. The zero-order chi connectivity index (χ0) is 22.0. The van der Waals surface area contributed by atoms with Crippen LogP contribution in [0.2, 0.25) is 0 Å². The molecule has 0 fully saturated rings. The fourth-order valence-corrected chi connectivity index (χ4v) is 3.57. The van der Waals surface area contributed by atoms with Gasteiger partial charge in [-0.1, -0.05) is 25.1 Å². The van der Waals surface area contributed by atoms with Crippen LogP contribution in [-0.4, -0.2) is 30.4 Å². The Balaban J connectivity index is 1.68. The van der Waals surface area contributed by atoms with Crippen LogP contribution in [0.15, 0.2) is 30.3 Å². The third-order valence-electron chi connectivity index (χ3n) is 5.30. The number of aryl methyl sites for hydroxylation is 2. The number of hydrogen-bond acceptors (Lipinski definition) is 5. The maximum atomic E-state index is 12.6. The van der Waals surface area contributed by atoms with Crippen molar-refractivity contribution in [2.24, 2.45) is 5.92 Å². The Kier molecular flexibility index (Phi) is 6.00. The molecule has 0 aliphatic carbocycles. The number of hydrogen-bond donors (Lipinski definition) is 1. The Bertz CT molecular complexity index is 1080. The first-order valence-electron chi connectivity index (χ1n) is 9.77. The topological polar surface area (TPSA) is 108 Å². The lowest BCUT2D eigenvalue weighted by Crippen LogP contribution is -2.32. The van der Waals surface area contributed by atoms with Crippen molar-refractivity contribution >= 4 is 11.6 Å². The van der Waals surface area contributed by atoms with Gasteiger partial charge in [-0.15, -0.1) is 0 Å². The second-order valence-electron chi connectivity index (χ2n) is 7.47. The number of para-hydroxylation sites is 1. The van der Waals surface area contributed by atoms with Gasteiger partial charge in [-0.25, -0.2) is 4.68 Å². The van der Waals surface area contributed by atoms with Crippen molar-refractivity contribution in [1.29, 1.82) is 0 Å². The summed E-state index contributed by atoms with van der Waals surface area (Å²) >= 11 is 0. The molecule has 1 N–H and O–H groups in total. The van der Waals surface area contributed by atoms with Gasteiger partial charge in [0.1, 0.15) is 11.4 Å². The predicted molar refractivity (Wildman–Crippen MR) is 112 cm³/mol. The standard InChI is InChI=1S/C21H26N6O3/c1-13(12-25-17(5)20(27(29)30)15(3)23-25)21(28)22-11-19-14(2)24-26(16(19)4)18-9-7-6-8-10-18/h6-10,13H,11-12H2,1-5H3,(H,22,28). The highest BCUT2D eigenvalue weighted by Gasteiger charge is 2.24. The van der Waals surface area contributed by atoms with Gasteiger partial charge in [0, 0.05) is 17.8 Å². The number of aromatic nitrogens is 4. The SMILES string of the molecule is Cc1nn(-c2ccccc2)c(C)c1CNC(=O)C(C)Cn1nc(C)c([N+](=O)[O-])c1C. The van der Waals surface area contributed by atoms with Gasteiger partial charge in [0.15, 0.2) is 0 Å². The van der Waals surface area contributed by atoms with Crippen molar-refractivity contribution in [3.63, 3.8) is 0 Å². The van der Waals surface area contributed by atoms with Crippen molar-refractivity contribution in [2.75, 3.05) is 0 Å². The van der Waals surface area contributed by atoms with Gasteiger partial charge in [0.2, 0.25) is 5.91 Å². The average molecular weight is 410 g/mol. The maximum Gasteiger partial charge on any atom is 0.312 e. The van der Waals surface area contributed by atoms with Crippen LogP contribution >= 0.6 is 0 Å². The maximum absolute atomic E-state index is 12.6. The number of nitrogens with one attached hydrogen (secondary N) is 1. The van der Waals surface area contributed by atoms with E-state index >= 15 is 0 Å². The molecular weight excluding hydrogens is 384 g/mol. The lowest BCUT2D eigenvalue weighted by Gasteiger charge is -2.13. The van der Waals surface area contributed by atoms with E-state index in [1.807, 2.05) is 48.9 Å². The molecule has 9 nitrogen and oxygen atoms in total. The molecule has 1 atom stereocenters. The lowest BCUT2D eigenvalue weighted by molar-refractivity contribution is -0.386. The summed E-state index contributed by atoms with van der Waals surface area (Å²) in [5.41, 5.74) is 4.58. The van der Waals surface area contributed by atoms with Crippen molar-refractivity contribution in [3.05, 3.63) is 68.8 Å². The number of rotatable bonds is 7. The third kappa shape index (κ3) is 4.10. The molecule has 0 saturated heterocycles. The molecule has 0 aliphatic heterocycles. The third-order valence-corrected chi connectivity index (χ3v) is 5.30. The normalized spacial score (nSPS) is 12.0. The molecule has 3 rings (SSSR count). The highest BCUT2D eigenvalue weighted by atomic mass is 16.6. The highest BCUT2D eigenvalue weighted by molar-refractivity contribution is 5.78. The average Bonchev–Trinajstić information content (AvgIpc) is 3.15. The molecule has 0 aliphatic rings. The summed E-state index contributed by atoms with van der Waals surface area (Å²) in [6.45, 7) is 9.57. The van der Waals surface area contributed by atoms with Crippen LogP contribution < -0.4 is 5.32 Å². The van der Waals surface area contributed by atoms with E-state index in [-0.39, 0.29) is 18.1 Å². The molecule has 1 amide bonds. The van der Waals surface area contributed by atoms with E-state index in [0.29, 0.717) is 17.9 Å². The summed E-state index contributed by atoms with van der Waals surface area (Å²) < 4.78 is 3.40. The first kappa shape index (κ1) is 21.2. The molecular formula is C21H26N6O3. The van der Waals surface area contributed by atoms with Gasteiger partial charge < -0.3 is 5.32 Å². The Morgan fingerprint density at radius 2 is 1.77 bits per heavy atom. The minimum Gasteiger partial charge on any atom is -0.352 e. The van der Waals surface area contributed by atoms with Gasteiger partial charge in [0.25, 0.3) is 0 Å². The number of nitro groups is 1. The summed E-state index contributed by atoms with van der Waals surface area (Å²) in [7, 11) is 0. The van der Waals surface area contributed by atoms with Crippen molar-refractivity contribution in [3.8, 4) is 5.69 Å². The number of carbonyl (C=O) groups is 1. The molecule has 0 bridgehead atoms. The van der Waals surface area contributed by atoms with Gasteiger partial charge in [-0.05, 0) is 39.8 Å². The number of amides is 1. The van der Waals surface area contributed by atoms with Crippen LogP contribution in [0, 0.1) is 43.7 Å². The number of carbonyl (C=O) groups excluding carboxylic acids is 1. The Hall–Kier alpha value is -3.49. The molecule has 30 heavy (non-hydrogen) atoms. The summed E-state index contributed by atoms with van der Waals surface area (Å²) in [6.07, 6.45) is 0. The molecule has 9 heteroatoms. The predicted octanol–water partition coefficient (Wildman–Crippen LogP) is 3.16. The highest BCUT2D eigenvalue weighted by Crippen LogP contribution is 2.23. The monoisotopic (exact) mass is 410 g/mol. The fourth-order valence-electron chi connectivity index (χ4n) is 3.57. The van der Waals surface area contributed by atoms with E-state index in [1.54, 1.807) is 20.8 Å². The molecule has 1 unspecified atom stereocenters. The van der Waals surface area contributed by atoms with Gasteiger partial charge >= 0.3 is 5.69 Å². The zero-order valence-corrected chi connectivity index (χ0v) is 17.8.